The molecule has 0 bridgehead atoms. The third-order valence-corrected chi connectivity index (χ3v) is 4.69. The van der Waals surface area contributed by atoms with Crippen LogP contribution < -0.4 is 4.74 Å². The molecule has 0 unspecified atom stereocenters. The van der Waals surface area contributed by atoms with Crippen molar-refractivity contribution >= 4 is 5.78 Å². The molecule has 2 atom stereocenters. The Morgan fingerprint density at radius 2 is 1.77 bits per heavy atom. The van der Waals surface area contributed by atoms with Crippen LogP contribution in [-0.2, 0) is 4.79 Å². The van der Waals surface area contributed by atoms with Gasteiger partial charge in [-0.25, -0.2) is 0 Å². The lowest BCUT2D eigenvalue weighted by atomic mass is 9.78. The highest BCUT2D eigenvalue weighted by molar-refractivity contribution is 5.86. The zero-order valence-electron chi connectivity index (χ0n) is 14.1. The predicted octanol–water partition coefficient (Wildman–Crippen LogP) is 5.51. The van der Waals surface area contributed by atoms with Gasteiger partial charge in [0.2, 0.25) is 0 Å². The monoisotopic (exact) mass is 302 g/mol. The minimum Gasteiger partial charge on any atom is -0.494 e. The summed E-state index contributed by atoms with van der Waals surface area (Å²) in [5.74, 6) is 2.00. The SMILES string of the molecule is CCCCCCCOc1ccc([C@H]2CC[C@H](C)CC2=O)cc1. The van der Waals surface area contributed by atoms with Crippen LogP contribution in [0.3, 0.4) is 0 Å². The number of ether oxygens (including phenoxy) is 1. The van der Waals surface area contributed by atoms with Crippen molar-refractivity contribution in [1.82, 2.24) is 0 Å². The van der Waals surface area contributed by atoms with E-state index < -0.39 is 0 Å². The van der Waals surface area contributed by atoms with Gasteiger partial charge >= 0.3 is 0 Å². The molecule has 0 radical (unpaired) electrons. The standard InChI is InChI=1S/C20H30O2/c1-3-4-5-6-7-14-22-18-11-9-17(10-12-18)19-13-8-16(2)15-20(19)21/h9-12,16,19H,3-8,13-15H2,1-2H3/t16-,19+/m0/s1. The average Bonchev–Trinajstić information content (AvgIpc) is 2.52. The highest BCUT2D eigenvalue weighted by Crippen LogP contribution is 2.33. The van der Waals surface area contributed by atoms with Gasteiger partial charge in [0, 0.05) is 12.3 Å². The smallest absolute Gasteiger partial charge is 0.140 e. The largest absolute Gasteiger partial charge is 0.494 e. The first kappa shape index (κ1) is 17.1. The van der Waals surface area contributed by atoms with Gasteiger partial charge in [0.25, 0.3) is 0 Å². The van der Waals surface area contributed by atoms with Gasteiger partial charge < -0.3 is 4.74 Å². The Morgan fingerprint density at radius 1 is 1.05 bits per heavy atom. The van der Waals surface area contributed by atoms with Gasteiger partial charge in [-0.2, -0.15) is 0 Å². The maximum absolute atomic E-state index is 12.2. The second kappa shape index (κ2) is 8.97. The first-order valence-electron chi connectivity index (χ1n) is 8.96. The van der Waals surface area contributed by atoms with Crippen molar-refractivity contribution in [3.63, 3.8) is 0 Å². The van der Waals surface area contributed by atoms with Crippen molar-refractivity contribution < 1.29 is 9.53 Å². The summed E-state index contributed by atoms with van der Waals surface area (Å²) in [5.41, 5.74) is 1.16. The average molecular weight is 302 g/mol. The number of carbonyl (C=O) groups excluding carboxylic acids is 1. The Hall–Kier alpha value is -1.31. The molecule has 0 amide bonds. The zero-order chi connectivity index (χ0) is 15.8. The lowest BCUT2D eigenvalue weighted by Crippen LogP contribution is -2.21. The van der Waals surface area contributed by atoms with E-state index in [1.807, 2.05) is 12.1 Å². The van der Waals surface area contributed by atoms with E-state index in [9.17, 15) is 4.79 Å². The van der Waals surface area contributed by atoms with Crippen molar-refractivity contribution in [2.75, 3.05) is 6.61 Å². The lowest BCUT2D eigenvalue weighted by Gasteiger charge is -2.25. The molecule has 1 aromatic carbocycles. The number of hydrogen-bond acceptors (Lipinski definition) is 2. The molecule has 0 N–H and O–H groups in total. The predicted molar refractivity (Wildman–Crippen MR) is 91.5 cm³/mol. The van der Waals surface area contributed by atoms with Crippen LogP contribution in [-0.4, -0.2) is 12.4 Å². The molecule has 0 heterocycles. The van der Waals surface area contributed by atoms with Gasteiger partial charge in [-0.1, -0.05) is 51.7 Å². The number of Topliss-reactive ketones (excluding diaryl/α,β-unsaturated/α-hetero) is 1. The summed E-state index contributed by atoms with van der Waals surface area (Å²) >= 11 is 0. The number of ketones is 1. The third-order valence-electron chi connectivity index (χ3n) is 4.69. The van der Waals surface area contributed by atoms with Crippen molar-refractivity contribution in [3.05, 3.63) is 29.8 Å². The highest BCUT2D eigenvalue weighted by atomic mass is 16.5. The van der Waals surface area contributed by atoms with Crippen LogP contribution in [0.4, 0.5) is 0 Å². The number of rotatable bonds is 8. The Balaban J connectivity index is 1.77. The molecule has 2 rings (SSSR count). The first-order chi connectivity index (χ1) is 10.7. The molecular formula is C20H30O2. The Labute approximate surface area is 135 Å². The second-order valence-electron chi connectivity index (χ2n) is 6.74. The fraction of sp³-hybridized carbons (Fsp3) is 0.650. The molecule has 1 aliphatic carbocycles. The summed E-state index contributed by atoms with van der Waals surface area (Å²) in [5, 5.41) is 0. The van der Waals surface area contributed by atoms with Gasteiger partial charge in [0.15, 0.2) is 0 Å². The van der Waals surface area contributed by atoms with Gasteiger partial charge in [-0.3, -0.25) is 4.79 Å². The molecule has 0 aliphatic heterocycles. The van der Waals surface area contributed by atoms with E-state index in [1.54, 1.807) is 0 Å². The van der Waals surface area contributed by atoms with Crippen LogP contribution in [0.5, 0.6) is 5.75 Å². The Morgan fingerprint density at radius 3 is 2.45 bits per heavy atom. The highest BCUT2D eigenvalue weighted by Gasteiger charge is 2.27. The van der Waals surface area contributed by atoms with Gasteiger partial charge in [0.05, 0.1) is 6.61 Å². The minimum absolute atomic E-state index is 0.110. The maximum atomic E-state index is 12.2. The van der Waals surface area contributed by atoms with Crippen molar-refractivity contribution in [2.24, 2.45) is 5.92 Å². The fourth-order valence-corrected chi connectivity index (χ4v) is 3.24. The van der Waals surface area contributed by atoms with Crippen LogP contribution in [0.15, 0.2) is 24.3 Å². The summed E-state index contributed by atoms with van der Waals surface area (Å²) in [6.07, 6.45) is 9.18. The van der Waals surface area contributed by atoms with Crippen LogP contribution in [0.25, 0.3) is 0 Å². The summed E-state index contributed by atoms with van der Waals surface area (Å²) in [6, 6.07) is 8.19. The van der Waals surface area contributed by atoms with Crippen molar-refractivity contribution in [3.8, 4) is 5.75 Å². The molecule has 1 aromatic rings. The molecule has 2 nitrogen and oxygen atoms in total. The first-order valence-corrected chi connectivity index (χ1v) is 8.96. The van der Waals surface area contributed by atoms with Crippen LogP contribution in [0, 0.1) is 5.92 Å². The Kier molecular flexibility index (Phi) is 6.95. The van der Waals surface area contributed by atoms with Gasteiger partial charge in [0.1, 0.15) is 11.5 Å². The van der Waals surface area contributed by atoms with Crippen LogP contribution >= 0.6 is 0 Å². The Bertz CT molecular complexity index is 449. The number of unbranched alkanes of at least 4 members (excludes halogenated alkanes) is 4. The summed E-state index contributed by atoms with van der Waals surface area (Å²) in [6.45, 7) is 5.20. The van der Waals surface area contributed by atoms with E-state index in [1.165, 1.54) is 25.7 Å². The molecule has 0 spiro atoms. The summed E-state index contributed by atoms with van der Waals surface area (Å²) in [4.78, 5) is 12.2. The molecule has 0 saturated heterocycles. The molecule has 1 fully saturated rings. The lowest BCUT2D eigenvalue weighted by molar-refractivity contribution is -0.123. The summed E-state index contributed by atoms with van der Waals surface area (Å²) < 4.78 is 5.79. The number of hydrogen-bond donors (Lipinski definition) is 0. The number of benzene rings is 1. The molecule has 2 heteroatoms. The van der Waals surface area contributed by atoms with E-state index in [4.69, 9.17) is 4.74 Å². The van der Waals surface area contributed by atoms with Crippen molar-refractivity contribution in [1.29, 1.82) is 0 Å². The molecular weight excluding hydrogens is 272 g/mol. The van der Waals surface area contributed by atoms with Crippen LogP contribution in [0.1, 0.15) is 76.7 Å². The molecule has 122 valence electrons. The number of carbonyl (C=O) groups is 1. The van der Waals surface area contributed by atoms with E-state index in [2.05, 4.69) is 26.0 Å². The second-order valence-corrected chi connectivity index (χ2v) is 6.74. The fourth-order valence-electron chi connectivity index (χ4n) is 3.24. The van der Waals surface area contributed by atoms with Crippen molar-refractivity contribution in [2.45, 2.75) is 71.1 Å². The van der Waals surface area contributed by atoms with E-state index in [0.717, 1.165) is 43.6 Å². The van der Waals surface area contributed by atoms with Crippen LogP contribution in [0.2, 0.25) is 0 Å². The van der Waals surface area contributed by atoms with E-state index >= 15 is 0 Å². The third kappa shape index (κ3) is 5.15. The molecule has 1 saturated carbocycles. The topological polar surface area (TPSA) is 26.3 Å². The summed E-state index contributed by atoms with van der Waals surface area (Å²) in [7, 11) is 0. The molecule has 22 heavy (non-hydrogen) atoms. The van der Waals surface area contributed by atoms with E-state index in [0.29, 0.717) is 11.7 Å². The minimum atomic E-state index is 0.110. The molecule has 0 aromatic heterocycles. The zero-order valence-corrected chi connectivity index (χ0v) is 14.1. The van der Waals surface area contributed by atoms with E-state index in [-0.39, 0.29) is 5.92 Å². The normalized spacial score (nSPS) is 21.8. The quantitative estimate of drug-likeness (QED) is 0.592. The maximum Gasteiger partial charge on any atom is 0.140 e. The molecule has 1 aliphatic rings. The van der Waals surface area contributed by atoms with Gasteiger partial charge in [-0.15, -0.1) is 0 Å². The van der Waals surface area contributed by atoms with Gasteiger partial charge in [-0.05, 0) is 42.9 Å².